The number of carbonyl (C=O) groups excluding carboxylic acids is 2. The molecule has 0 saturated heterocycles. The molecule has 2 aromatic rings. The molecule has 0 unspecified atom stereocenters. The number of urea groups is 1. The molecule has 1 aromatic heterocycles. The zero-order valence-corrected chi connectivity index (χ0v) is 14.3. The van der Waals surface area contributed by atoms with Crippen molar-refractivity contribution in [3.05, 3.63) is 41.7 Å². The first kappa shape index (κ1) is 17.8. The minimum atomic E-state index is -0.364. The number of nitrogens with one attached hydrogen (secondary N) is 3. The van der Waals surface area contributed by atoms with E-state index in [1.54, 1.807) is 41.3 Å². The van der Waals surface area contributed by atoms with E-state index in [0.29, 0.717) is 23.8 Å². The Hall–Kier alpha value is -2.54. The van der Waals surface area contributed by atoms with Gasteiger partial charge in [-0.3, -0.25) is 4.79 Å². The quantitative estimate of drug-likeness (QED) is 0.700. The van der Waals surface area contributed by atoms with Crippen LogP contribution in [0, 0.1) is 5.92 Å². The van der Waals surface area contributed by atoms with E-state index in [9.17, 15) is 9.59 Å². The molecule has 1 aromatic carbocycles. The van der Waals surface area contributed by atoms with Gasteiger partial charge < -0.3 is 16.0 Å². The standard InChI is InChI=1S/C16H20ClN5O2/c1-11(2)15(23)18-7-8-19-16(24)21-12-4-5-14(13(17)10-12)22-9-3-6-20-22/h3-6,9-11H,7-8H2,1-2H3,(H,18,23)(H2,19,21,24). The molecule has 0 aliphatic heterocycles. The van der Waals surface area contributed by atoms with E-state index in [-0.39, 0.29) is 17.9 Å². The van der Waals surface area contributed by atoms with Crippen molar-refractivity contribution in [2.24, 2.45) is 5.92 Å². The Labute approximate surface area is 145 Å². The number of benzene rings is 1. The summed E-state index contributed by atoms with van der Waals surface area (Å²) >= 11 is 6.22. The molecule has 2 rings (SSSR count). The molecule has 0 spiro atoms. The van der Waals surface area contributed by atoms with Crippen LogP contribution >= 0.6 is 11.6 Å². The van der Waals surface area contributed by atoms with E-state index in [4.69, 9.17) is 11.6 Å². The number of aromatic nitrogens is 2. The minimum Gasteiger partial charge on any atom is -0.354 e. The average molecular weight is 350 g/mol. The largest absolute Gasteiger partial charge is 0.354 e. The van der Waals surface area contributed by atoms with Crippen LogP contribution in [-0.4, -0.2) is 34.8 Å². The van der Waals surface area contributed by atoms with E-state index >= 15 is 0 Å². The minimum absolute atomic E-state index is 0.0433. The maximum Gasteiger partial charge on any atom is 0.319 e. The van der Waals surface area contributed by atoms with Gasteiger partial charge in [0.1, 0.15) is 0 Å². The molecule has 0 saturated carbocycles. The van der Waals surface area contributed by atoms with Crippen molar-refractivity contribution in [1.82, 2.24) is 20.4 Å². The van der Waals surface area contributed by atoms with Gasteiger partial charge in [0.15, 0.2) is 0 Å². The number of carbonyl (C=O) groups is 2. The summed E-state index contributed by atoms with van der Waals surface area (Å²) in [7, 11) is 0. The van der Waals surface area contributed by atoms with Gasteiger partial charge >= 0.3 is 6.03 Å². The summed E-state index contributed by atoms with van der Waals surface area (Å²) in [6.45, 7) is 4.34. The topological polar surface area (TPSA) is 88.0 Å². The molecule has 24 heavy (non-hydrogen) atoms. The fourth-order valence-electron chi connectivity index (χ4n) is 1.92. The molecular weight excluding hydrogens is 330 g/mol. The Balaban J connectivity index is 1.82. The highest BCUT2D eigenvalue weighted by atomic mass is 35.5. The van der Waals surface area contributed by atoms with Gasteiger partial charge in [-0.15, -0.1) is 0 Å². The van der Waals surface area contributed by atoms with Gasteiger partial charge in [-0.1, -0.05) is 25.4 Å². The predicted molar refractivity (Wildman–Crippen MR) is 93.4 cm³/mol. The van der Waals surface area contributed by atoms with Gasteiger partial charge in [-0.25, -0.2) is 9.48 Å². The highest BCUT2D eigenvalue weighted by molar-refractivity contribution is 6.32. The molecule has 128 valence electrons. The summed E-state index contributed by atoms with van der Waals surface area (Å²) < 4.78 is 1.64. The Morgan fingerprint density at radius 3 is 2.62 bits per heavy atom. The first-order chi connectivity index (χ1) is 11.5. The van der Waals surface area contributed by atoms with Crippen LogP contribution in [0.3, 0.4) is 0 Å². The number of halogens is 1. The second kappa shape index (κ2) is 8.35. The Bertz CT molecular complexity index is 700. The average Bonchev–Trinajstić information content (AvgIpc) is 3.05. The van der Waals surface area contributed by atoms with Crippen LogP contribution in [0.2, 0.25) is 5.02 Å². The summed E-state index contributed by atoms with van der Waals surface area (Å²) in [5.41, 5.74) is 1.30. The van der Waals surface area contributed by atoms with E-state index < -0.39 is 0 Å². The Kier molecular flexibility index (Phi) is 6.20. The highest BCUT2D eigenvalue weighted by Gasteiger charge is 2.08. The monoisotopic (exact) mass is 349 g/mol. The first-order valence-corrected chi connectivity index (χ1v) is 7.97. The fraction of sp³-hybridized carbons (Fsp3) is 0.312. The van der Waals surface area contributed by atoms with E-state index in [1.165, 1.54) is 0 Å². The van der Waals surface area contributed by atoms with Crippen LogP contribution < -0.4 is 16.0 Å². The van der Waals surface area contributed by atoms with Crippen LogP contribution in [0.5, 0.6) is 0 Å². The molecule has 1 heterocycles. The zero-order chi connectivity index (χ0) is 17.5. The van der Waals surface area contributed by atoms with Gasteiger partial charge in [0.05, 0.1) is 10.7 Å². The van der Waals surface area contributed by atoms with E-state index in [2.05, 4.69) is 21.0 Å². The molecular formula is C16H20ClN5O2. The van der Waals surface area contributed by atoms with Crippen LogP contribution in [0.15, 0.2) is 36.7 Å². The van der Waals surface area contributed by atoms with Gasteiger partial charge in [-0.2, -0.15) is 5.10 Å². The van der Waals surface area contributed by atoms with Gasteiger partial charge in [0.25, 0.3) is 0 Å². The smallest absolute Gasteiger partial charge is 0.319 e. The lowest BCUT2D eigenvalue weighted by atomic mass is 10.2. The van der Waals surface area contributed by atoms with Crippen molar-refractivity contribution in [3.8, 4) is 5.69 Å². The molecule has 7 nitrogen and oxygen atoms in total. The molecule has 3 N–H and O–H groups in total. The second-order valence-electron chi connectivity index (χ2n) is 5.44. The maximum atomic E-state index is 11.8. The van der Waals surface area contributed by atoms with Crippen molar-refractivity contribution in [2.75, 3.05) is 18.4 Å². The van der Waals surface area contributed by atoms with E-state index in [1.807, 2.05) is 13.8 Å². The molecule has 0 bridgehead atoms. The maximum absolute atomic E-state index is 11.8. The first-order valence-electron chi connectivity index (χ1n) is 7.59. The van der Waals surface area contributed by atoms with Crippen LogP contribution in [0.1, 0.15) is 13.8 Å². The number of hydrogen-bond donors (Lipinski definition) is 3. The summed E-state index contributed by atoms with van der Waals surface area (Å²) in [6, 6.07) is 6.60. The summed E-state index contributed by atoms with van der Waals surface area (Å²) in [5.74, 6) is -0.118. The van der Waals surface area contributed by atoms with Gasteiger partial charge in [-0.05, 0) is 24.3 Å². The number of anilines is 1. The highest BCUT2D eigenvalue weighted by Crippen LogP contribution is 2.23. The number of rotatable bonds is 6. The summed E-state index contributed by atoms with van der Waals surface area (Å²) in [4.78, 5) is 23.2. The summed E-state index contributed by atoms with van der Waals surface area (Å²) in [6.07, 6.45) is 3.44. The second-order valence-corrected chi connectivity index (χ2v) is 5.85. The third kappa shape index (κ3) is 4.99. The van der Waals surface area contributed by atoms with Crippen molar-refractivity contribution in [1.29, 1.82) is 0 Å². The lowest BCUT2D eigenvalue weighted by Crippen LogP contribution is -2.38. The van der Waals surface area contributed by atoms with Crippen molar-refractivity contribution in [2.45, 2.75) is 13.8 Å². The van der Waals surface area contributed by atoms with Crippen LogP contribution in [0.25, 0.3) is 5.69 Å². The number of nitrogens with zero attached hydrogens (tertiary/aromatic N) is 2. The lowest BCUT2D eigenvalue weighted by Gasteiger charge is -2.11. The number of amides is 3. The van der Waals surface area contributed by atoms with Gasteiger partial charge in [0, 0.05) is 37.1 Å². The Morgan fingerprint density at radius 2 is 2.00 bits per heavy atom. The van der Waals surface area contributed by atoms with Crippen molar-refractivity contribution in [3.63, 3.8) is 0 Å². The molecule has 0 atom stereocenters. The van der Waals surface area contributed by atoms with Crippen molar-refractivity contribution < 1.29 is 9.59 Å². The van der Waals surface area contributed by atoms with E-state index in [0.717, 1.165) is 5.69 Å². The van der Waals surface area contributed by atoms with Crippen molar-refractivity contribution >= 4 is 29.2 Å². The fourth-order valence-corrected chi connectivity index (χ4v) is 2.19. The Morgan fingerprint density at radius 1 is 1.25 bits per heavy atom. The molecule has 0 aliphatic rings. The normalized spacial score (nSPS) is 10.5. The summed E-state index contributed by atoms with van der Waals surface area (Å²) in [5, 5.41) is 12.7. The predicted octanol–water partition coefficient (Wildman–Crippen LogP) is 2.42. The molecule has 0 radical (unpaired) electrons. The lowest BCUT2D eigenvalue weighted by molar-refractivity contribution is -0.123. The SMILES string of the molecule is CC(C)C(=O)NCCNC(=O)Nc1ccc(-n2cccn2)c(Cl)c1. The third-order valence-corrected chi connectivity index (χ3v) is 3.49. The molecule has 8 heteroatoms. The zero-order valence-electron chi connectivity index (χ0n) is 13.5. The van der Waals surface area contributed by atoms with Crippen LogP contribution in [-0.2, 0) is 4.79 Å². The molecule has 0 fully saturated rings. The number of hydrogen-bond acceptors (Lipinski definition) is 3. The third-order valence-electron chi connectivity index (χ3n) is 3.19. The van der Waals surface area contributed by atoms with Crippen LogP contribution in [0.4, 0.5) is 10.5 Å². The molecule has 3 amide bonds. The molecule has 0 aliphatic carbocycles. The van der Waals surface area contributed by atoms with Gasteiger partial charge in [0.2, 0.25) is 5.91 Å².